The Kier molecular flexibility index (Phi) is 5.03. The van der Waals surface area contributed by atoms with Crippen LogP contribution in [0.3, 0.4) is 0 Å². The number of benzene rings is 2. The van der Waals surface area contributed by atoms with E-state index in [9.17, 15) is 8.42 Å². The molecule has 1 saturated heterocycles. The highest BCUT2D eigenvalue weighted by molar-refractivity contribution is 7.92. The number of hydrogen-bond donors (Lipinski definition) is 1. The Morgan fingerprint density at radius 2 is 1.64 bits per heavy atom. The zero-order valence-corrected chi connectivity index (χ0v) is 15.2. The van der Waals surface area contributed by atoms with Crippen LogP contribution >= 0.6 is 0 Å². The van der Waals surface area contributed by atoms with E-state index in [2.05, 4.69) is 9.62 Å². The number of anilines is 2. The summed E-state index contributed by atoms with van der Waals surface area (Å²) in [6.45, 7) is 2.10. The Bertz CT molecular complexity index is 829. The second-order valence-corrected chi connectivity index (χ2v) is 7.51. The lowest BCUT2D eigenvalue weighted by Crippen LogP contribution is -2.17. The van der Waals surface area contributed by atoms with E-state index in [4.69, 9.17) is 9.47 Å². The molecule has 2 aromatic carbocycles. The average Bonchev–Trinajstić information content (AvgIpc) is 3.16. The van der Waals surface area contributed by atoms with Gasteiger partial charge >= 0.3 is 0 Å². The minimum absolute atomic E-state index is 0.0689. The Balaban J connectivity index is 1.81. The quantitative estimate of drug-likeness (QED) is 0.855. The molecule has 2 aromatic rings. The molecule has 1 aliphatic rings. The summed E-state index contributed by atoms with van der Waals surface area (Å²) in [6, 6.07) is 12.0. The molecule has 0 amide bonds. The second-order valence-electron chi connectivity index (χ2n) is 5.86. The first-order valence-corrected chi connectivity index (χ1v) is 9.61. The molecule has 0 atom stereocenters. The van der Waals surface area contributed by atoms with E-state index in [-0.39, 0.29) is 10.6 Å². The topological polar surface area (TPSA) is 67.9 Å². The van der Waals surface area contributed by atoms with Gasteiger partial charge in [0.2, 0.25) is 0 Å². The molecule has 0 bridgehead atoms. The molecule has 0 aromatic heterocycles. The molecule has 1 heterocycles. The summed E-state index contributed by atoms with van der Waals surface area (Å²) < 4.78 is 38.3. The highest BCUT2D eigenvalue weighted by Gasteiger charge is 2.20. The fraction of sp³-hybridized carbons (Fsp3) is 0.333. The Morgan fingerprint density at radius 3 is 2.24 bits per heavy atom. The van der Waals surface area contributed by atoms with Crippen molar-refractivity contribution in [2.45, 2.75) is 17.7 Å². The molecule has 1 N–H and O–H groups in total. The summed E-state index contributed by atoms with van der Waals surface area (Å²) in [6.07, 6.45) is 2.40. The second kappa shape index (κ2) is 7.23. The summed E-state index contributed by atoms with van der Waals surface area (Å²) in [5.41, 5.74) is 1.63. The molecule has 25 heavy (non-hydrogen) atoms. The van der Waals surface area contributed by atoms with Crippen LogP contribution in [0.1, 0.15) is 12.8 Å². The third-order valence-electron chi connectivity index (χ3n) is 4.25. The summed E-state index contributed by atoms with van der Waals surface area (Å²) in [5, 5.41) is 0. The maximum atomic E-state index is 12.7. The van der Waals surface area contributed by atoms with Crippen molar-refractivity contribution >= 4 is 21.4 Å². The van der Waals surface area contributed by atoms with Crippen LogP contribution in [-0.4, -0.2) is 35.7 Å². The van der Waals surface area contributed by atoms with Crippen molar-refractivity contribution in [2.75, 3.05) is 36.9 Å². The van der Waals surface area contributed by atoms with Gasteiger partial charge in [-0.15, -0.1) is 0 Å². The van der Waals surface area contributed by atoms with Gasteiger partial charge in [0.05, 0.1) is 14.2 Å². The Morgan fingerprint density at radius 1 is 0.960 bits per heavy atom. The lowest BCUT2D eigenvalue weighted by atomic mass is 10.2. The van der Waals surface area contributed by atoms with E-state index in [1.165, 1.54) is 33.1 Å². The van der Waals surface area contributed by atoms with Crippen molar-refractivity contribution in [3.8, 4) is 11.5 Å². The molecule has 6 nitrogen and oxygen atoms in total. The maximum Gasteiger partial charge on any atom is 0.265 e. The predicted octanol–water partition coefficient (Wildman–Crippen LogP) is 3.10. The number of hydrogen-bond acceptors (Lipinski definition) is 5. The molecule has 134 valence electrons. The Labute approximate surface area is 148 Å². The van der Waals surface area contributed by atoms with Gasteiger partial charge in [0.15, 0.2) is 0 Å². The summed E-state index contributed by atoms with van der Waals surface area (Å²) in [4.78, 5) is 2.37. The number of rotatable bonds is 6. The van der Waals surface area contributed by atoms with Crippen molar-refractivity contribution in [1.82, 2.24) is 0 Å². The van der Waals surface area contributed by atoms with Crippen LogP contribution in [-0.2, 0) is 10.0 Å². The predicted molar refractivity (Wildman–Crippen MR) is 98.2 cm³/mol. The third-order valence-corrected chi connectivity index (χ3v) is 5.67. The fourth-order valence-electron chi connectivity index (χ4n) is 2.92. The van der Waals surface area contributed by atoms with Gasteiger partial charge < -0.3 is 14.4 Å². The average molecular weight is 362 g/mol. The van der Waals surface area contributed by atoms with E-state index in [0.29, 0.717) is 11.4 Å². The lowest BCUT2D eigenvalue weighted by molar-refractivity contribution is 0.386. The monoisotopic (exact) mass is 362 g/mol. The number of sulfonamides is 1. The minimum Gasteiger partial charge on any atom is -0.497 e. The van der Waals surface area contributed by atoms with Gasteiger partial charge in [-0.05, 0) is 49.2 Å². The Hall–Kier alpha value is -2.41. The number of nitrogens with zero attached hydrogens (tertiary/aromatic N) is 1. The highest BCUT2D eigenvalue weighted by Crippen LogP contribution is 2.30. The van der Waals surface area contributed by atoms with Gasteiger partial charge in [0.25, 0.3) is 10.0 Å². The third kappa shape index (κ3) is 3.82. The van der Waals surface area contributed by atoms with Gasteiger partial charge in [-0.1, -0.05) is 0 Å². The van der Waals surface area contributed by atoms with Crippen LogP contribution in [0.5, 0.6) is 11.5 Å². The number of nitrogens with one attached hydrogen (secondary N) is 1. The van der Waals surface area contributed by atoms with Crippen LogP contribution < -0.4 is 19.1 Å². The van der Waals surface area contributed by atoms with Crippen molar-refractivity contribution in [3.63, 3.8) is 0 Å². The van der Waals surface area contributed by atoms with Gasteiger partial charge in [-0.2, -0.15) is 0 Å². The van der Waals surface area contributed by atoms with Crippen LogP contribution in [0.2, 0.25) is 0 Å². The highest BCUT2D eigenvalue weighted by atomic mass is 32.2. The molecule has 1 fully saturated rings. The SMILES string of the molecule is COc1ccc(S(=O)(=O)Nc2ccc(N3CCCC3)cc2)c(OC)c1. The molecule has 3 rings (SSSR count). The van der Waals surface area contributed by atoms with Gasteiger partial charge in [-0.3, -0.25) is 4.72 Å². The van der Waals surface area contributed by atoms with Gasteiger partial charge in [0.1, 0.15) is 16.4 Å². The molecule has 0 aliphatic carbocycles. The number of ether oxygens (including phenoxy) is 2. The fourth-order valence-corrected chi connectivity index (χ4v) is 4.13. The smallest absolute Gasteiger partial charge is 0.265 e. The molecule has 0 saturated carbocycles. The van der Waals surface area contributed by atoms with Crippen molar-refractivity contribution in [3.05, 3.63) is 42.5 Å². The largest absolute Gasteiger partial charge is 0.497 e. The number of methoxy groups -OCH3 is 2. The molecule has 0 spiro atoms. The van der Waals surface area contributed by atoms with Crippen LogP contribution in [0.15, 0.2) is 47.4 Å². The van der Waals surface area contributed by atoms with E-state index >= 15 is 0 Å². The summed E-state index contributed by atoms with van der Waals surface area (Å²) in [5.74, 6) is 0.770. The van der Waals surface area contributed by atoms with Crippen molar-refractivity contribution in [2.24, 2.45) is 0 Å². The zero-order valence-electron chi connectivity index (χ0n) is 14.4. The molecular weight excluding hydrogens is 340 g/mol. The van der Waals surface area contributed by atoms with E-state index in [1.54, 1.807) is 24.3 Å². The van der Waals surface area contributed by atoms with Crippen LogP contribution in [0.25, 0.3) is 0 Å². The van der Waals surface area contributed by atoms with Crippen LogP contribution in [0, 0.1) is 0 Å². The molecule has 0 unspecified atom stereocenters. The van der Waals surface area contributed by atoms with E-state index < -0.39 is 10.0 Å². The van der Waals surface area contributed by atoms with Gasteiger partial charge in [0, 0.05) is 30.5 Å². The van der Waals surface area contributed by atoms with Crippen molar-refractivity contribution < 1.29 is 17.9 Å². The van der Waals surface area contributed by atoms with Gasteiger partial charge in [-0.25, -0.2) is 8.42 Å². The molecule has 7 heteroatoms. The van der Waals surface area contributed by atoms with E-state index in [1.807, 2.05) is 12.1 Å². The molecular formula is C18H22N2O4S. The van der Waals surface area contributed by atoms with Crippen LogP contribution in [0.4, 0.5) is 11.4 Å². The first-order chi connectivity index (χ1) is 12.0. The first-order valence-electron chi connectivity index (χ1n) is 8.13. The lowest BCUT2D eigenvalue weighted by Gasteiger charge is -2.18. The normalized spacial score (nSPS) is 14.4. The first kappa shape index (κ1) is 17.4. The zero-order chi connectivity index (χ0) is 17.9. The van der Waals surface area contributed by atoms with E-state index in [0.717, 1.165) is 18.8 Å². The molecule has 1 aliphatic heterocycles. The summed E-state index contributed by atoms with van der Waals surface area (Å²) in [7, 11) is -0.811. The summed E-state index contributed by atoms with van der Waals surface area (Å²) >= 11 is 0. The molecule has 0 radical (unpaired) electrons. The maximum absolute atomic E-state index is 12.7. The minimum atomic E-state index is -3.76. The standard InChI is InChI=1S/C18H22N2O4S/c1-23-16-9-10-18(17(13-16)24-2)25(21,22)19-14-5-7-15(8-6-14)20-11-3-4-12-20/h5-10,13,19H,3-4,11-12H2,1-2H3. The van der Waals surface area contributed by atoms with Crippen molar-refractivity contribution in [1.29, 1.82) is 0 Å².